The zero-order valence-electron chi connectivity index (χ0n) is 50.1. The second kappa shape index (κ2) is 44.0. The Morgan fingerprint density at radius 3 is 1.17 bits per heavy atom. The molecule has 0 aromatic rings. The van der Waals surface area contributed by atoms with Crippen molar-refractivity contribution in [3.63, 3.8) is 0 Å². The molecule has 0 amide bonds. The lowest BCUT2D eigenvalue weighted by Gasteiger charge is -2.46. The normalized spacial score (nSPS) is 17.1. The van der Waals surface area contributed by atoms with E-state index in [1.807, 2.05) is 0 Å². The Balaban J connectivity index is 2.63. The lowest BCUT2D eigenvalue weighted by atomic mass is 10.1. The van der Waals surface area contributed by atoms with E-state index in [0.29, 0.717) is 0 Å². The van der Waals surface area contributed by atoms with Crippen LogP contribution in [0.4, 0.5) is 0 Å². The molecule has 0 aromatic heterocycles. The predicted molar refractivity (Wildman–Crippen MR) is 328 cm³/mol. The monoisotopic (exact) mass is 1090 g/mol. The summed E-state index contributed by atoms with van der Waals surface area (Å²) in [7, 11) is -3.32. The third-order valence-corrected chi connectivity index (χ3v) is 23.7. The van der Waals surface area contributed by atoms with Gasteiger partial charge in [-0.1, -0.05) is 169 Å². The molecule has 3 unspecified atom stereocenters. The molecular weight excluding hydrogens is 961 g/mol. The second-order valence-corrected chi connectivity index (χ2v) is 35.8. The molecule has 0 radical (unpaired) electrons. The summed E-state index contributed by atoms with van der Waals surface area (Å²) in [4.78, 5) is 5.40. The summed E-state index contributed by atoms with van der Waals surface area (Å²) in [5.41, 5.74) is 0. The number of hydrogen-bond acceptors (Lipinski definition) is 8. The number of likely N-dealkylation sites (tertiary alicyclic amines) is 1. The highest BCUT2D eigenvalue weighted by atomic mass is 32.3. The SMILES string of the molecule is CCCCCCCCS(C)(C)OS(C)(C)OC(CCCCCCC)OCCCCCCN(CCCCCCOC(CCCCCCC)OS(C)(C)OS(C)(C)CCCCCCCC)CCC1CCCN1C. The fourth-order valence-corrected chi connectivity index (χ4v) is 21.2. The topological polar surface area (TPSA) is 61.9 Å². The van der Waals surface area contributed by atoms with E-state index in [4.69, 9.17) is 25.1 Å². The first kappa shape index (κ1) is 70.1. The van der Waals surface area contributed by atoms with Crippen LogP contribution in [0.1, 0.15) is 252 Å². The van der Waals surface area contributed by atoms with Gasteiger partial charge in [-0.2, -0.15) is 21.2 Å². The van der Waals surface area contributed by atoms with Crippen molar-refractivity contribution in [1.29, 1.82) is 0 Å². The minimum Gasteiger partial charge on any atom is -0.351 e. The van der Waals surface area contributed by atoms with Crippen LogP contribution in [-0.2, 0) is 25.1 Å². The van der Waals surface area contributed by atoms with Crippen molar-refractivity contribution in [3.8, 4) is 0 Å². The van der Waals surface area contributed by atoms with E-state index in [1.165, 1.54) is 212 Å². The summed E-state index contributed by atoms with van der Waals surface area (Å²) in [6, 6.07) is 0.755. The Labute approximate surface area is 453 Å². The first-order chi connectivity index (χ1) is 34.0. The van der Waals surface area contributed by atoms with E-state index in [2.05, 4.69) is 94.6 Å². The molecule has 0 aromatic carbocycles. The highest BCUT2D eigenvalue weighted by Gasteiger charge is 2.27. The Hall–Kier alpha value is 1.08. The van der Waals surface area contributed by atoms with Gasteiger partial charge < -0.3 is 19.3 Å². The van der Waals surface area contributed by atoms with Crippen LogP contribution in [0.5, 0.6) is 0 Å². The molecule has 1 aliphatic heterocycles. The highest BCUT2D eigenvalue weighted by molar-refractivity contribution is 8.39. The highest BCUT2D eigenvalue weighted by Crippen LogP contribution is 2.60. The molecule has 1 rings (SSSR count). The zero-order valence-corrected chi connectivity index (χ0v) is 53.4. The summed E-state index contributed by atoms with van der Waals surface area (Å²) < 4.78 is 40.3. The largest absolute Gasteiger partial charge is 0.351 e. The maximum atomic E-state index is 6.84. The molecule has 3 atom stereocenters. The third-order valence-electron chi connectivity index (χ3n) is 14.2. The molecule has 1 heterocycles. The molecule has 434 valence electrons. The van der Waals surface area contributed by atoms with Gasteiger partial charge in [0, 0.05) is 68.6 Å². The fourth-order valence-electron chi connectivity index (χ4n) is 10.1. The van der Waals surface area contributed by atoms with Crippen LogP contribution < -0.4 is 0 Å². The van der Waals surface area contributed by atoms with Gasteiger partial charge in [0.1, 0.15) is 0 Å². The first-order valence-corrected chi connectivity index (χ1v) is 40.0. The average molecular weight is 1090 g/mol. The molecule has 0 bridgehead atoms. The van der Waals surface area contributed by atoms with Crippen molar-refractivity contribution in [1.82, 2.24) is 9.80 Å². The van der Waals surface area contributed by atoms with Crippen LogP contribution in [0.15, 0.2) is 0 Å². The molecule has 71 heavy (non-hydrogen) atoms. The number of unbranched alkanes of at least 4 members (excludes halogenated alkanes) is 24. The fraction of sp³-hybridized carbons (Fsp3) is 1.00. The van der Waals surface area contributed by atoms with Gasteiger partial charge in [-0.25, -0.2) is 7.26 Å². The van der Waals surface area contributed by atoms with Crippen molar-refractivity contribution in [2.45, 2.75) is 271 Å². The Bertz CT molecular complexity index is 1110. The van der Waals surface area contributed by atoms with Gasteiger partial charge in [-0.05, 0) is 129 Å². The van der Waals surface area contributed by atoms with E-state index in [-0.39, 0.29) is 12.6 Å². The average Bonchev–Trinajstić information content (AvgIpc) is 3.71. The van der Waals surface area contributed by atoms with Crippen LogP contribution in [-0.4, -0.2) is 136 Å². The maximum Gasteiger partial charge on any atom is 0.180 e. The van der Waals surface area contributed by atoms with E-state index >= 15 is 0 Å². The second-order valence-electron chi connectivity index (χ2n) is 23.2. The molecule has 1 saturated heterocycles. The zero-order chi connectivity index (χ0) is 52.5. The minimum absolute atomic E-state index is 0.165. The van der Waals surface area contributed by atoms with Crippen LogP contribution in [0, 0.1) is 0 Å². The number of hydrogen-bond donors (Lipinski definition) is 0. The quantitative estimate of drug-likeness (QED) is 0.0441. The molecule has 0 N–H and O–H groups in total. The van der Waals surface area contributed by atoms with Gasteiger partial charge in [0.05, 0.1) is 0 Å². The summed E-state index contributed by atoms with van der Waals surface area (Å²) in [6.07, 6.45) is 62.0. The first-order valence-electron chi connectivity index (χ1n) is 30.3. The Morgan fingerprint density at radius 2 is 0.789 bits per heavy atom. The standard InChI is InChI=1S/C59H128N2O6S4/c1-14-18-22-26-34-42-55-68(6,7)66-70(10,11)64-58(46-36-28-24-20-16-3)62-53-40-32-30-38-50-61(52-48-57-45-44-49-60(57)5)51-39-31-33-41-54-63-59(47-37-29-25-21-17-4)65-71(12,13)67-69(8,9)56-43-35-27-23-19-15-2/h57-59H,14-56H2,1-13H3. The van der Waals surface area contributed by atoms with Crippen molar-refractivity contribution in [3.05, 3.63) is 0 Å². The molecule has 0 spiro atoms. The minimum atomic E-state index is -1.66. The van der Waals surface area contributed by atoms with Crippen molar-refractivity contribution < 1.29 is 25.1 Å². The molecule has 0 aliphatic carbocycles. The van der Waals surface area contributed by atoms with Crippen LogP contribution >= 0.6 is 41.8 Å². The summed E-state index contributed by atoms with van der Waals surface area (Å²) >= 11 is 0. The van der Waals surface area contributed by atoms with Gasteiger partial charge in [0.25, 0.3) is 0 Å². The van der Waals surface area contributed by atoms with E-state index in [9.17, 15) is 0 Å². The van der Waals surface area contributed by atoms with Gasteiger partial charge >= 0.3 is 0 Å². The lowest BCUT2D eigenvalue weighted by Crippen LogP contribution is -2.33. The number of rotatable bonds is 53. The van der Waals surface area contributed by atoms with Crippen LogP contribution in [0.25, 0.3) is 0 Å². The number of ether oxygens (including phenoxy) is 2. The summed E-state index contributed by atoms with van der Waals surface area (Å²) in [5, 5.41) is 0. The molecule has 12 heteroatoms. The van der Waals surface area contributed by atoms with E-state index in [1.54, 1.807) is 0 Å². The molecule has 0 saturated carbocycles. The molecule has 1 aliphatic rings. The van der Waals surface area contributed by atoms with Crippen molar-refractivity contribution >= 4 is 41.8 Å². The predicted octanol–water partition coefficient (Wildman–Crippen LogP) is 18.8. The molecule has 8 nitrogen and oxygen atoms in total. The molecular formula is C59H128N2O6S4. The smallest absolute Gasteiger partial charge is 0.180 e. The number of nitrogens with zero attached hydrogens (tertiary/aromatic N) is 2. The summed E-state index contributed by atoms with van der Waals surface area (Å²) in [5.74, 6) is 2.33. The van der Waals surface area contributed by atoms with E-state index < -0.39 is 41.8 Å². The van der Waals surface area contributed by atoms with Gasteiger partial charge in [-0.15, -0.1) is 20.6 Å². The lowest BCUT2D eigenvalue weighted by molar-refractivity contribution is -0.0824. The van der Waals surface area contributed by atoms with Gasteiger partial charge in [0.15, 0.2) is 12.6 Å². The third kappa shape index (κ3) is 41.8. The van der Waals surface area contributed by atoms with Gasteiger partial charge in [0.2, 0.25) is 0 Å². The Kier molecular flexibility index (Phi) is 43.4. The summed E-state index contributed by atoms with van der Waals surface area (Å²) in [6.45, 7) is 15.6. The van der Waals surface area contributed by atoms with Crippen LogP contribution in [0.2, 0.25) is 0 Å². The maximum absolute atomic E-state index is 6.84. The van der Waals surface area contributed by atoms with Gasteiger partial charge in [-0.3, -0.25) is 8.37 Å². The van der Waals surface area contributed by atoms with Crippen LogP contribution in [0.3, 0.4) is 0 Å². The molecule has 1 fully saturated rings. The van der Waals surface area contributed by atoms with Crippen molar-refractivity contribution in [2.75, 3.05) is 108 Å². The van der Waals surface area contributed by atoms with Crippen molar-refractivity contribution in [2.24, 2.45) is 0 Å². The Morgan fingerprint density at radius 1 is 0.437 bits per heavy atom. The van der Waals surface area contributed by atoms with E-state index in [0.717, 1.165) is 69.3 Å².